The van der Waals surface area contributed by atoms with Crippen molar-refractivity contribution in [3.8, 4) is 5.75 Å². The van der Waals surface area contributed by atoms with Crippen molar-refractivity contribution < 1.29 is 4.74 Å². The number of rotatable bonds is 6. The predicted octanol–water partition coefficient (Wildman–Crippen LogP) is 4.36. The van der Waals surface area contributed by atoms with Crippen molar-refractivity contribution in [1.29, 1.82) is 0 Å². The summed E-state index contributed by atoms with van der Waals surface area (Å²) in [6, 6.07) is 9.25. The van der Waals surface area contributed by atoms with Gasteiger partial charge in [0.05, 0.1) is 6.10 Å². The summed E-state index contributed by atoms with van der Waals surface area (Å²) in [5.41, 5.74) is 1.40. The summed E-state index contributed by atoms with van der Waals surface area (Å²) in [4.78, 5) is 0. The lowest BCUT2D eigenvalue weighted by Gasteiger charge is -2.24. The molecule has 1 N–H and O–H groups in total. The summed E-state index contributed by atoms with van der Waals surface area (Å²) in [5, 5.41) is 3.70. The maximum Gasteiger partial charge on any atom is 0.123 e. The highest BCUT2D eigenvalue weighted by Gasteiger charge is 2.34. The highest BCUT2D eigenvalue weighted by molar-refractivity contribution is 5.37. The zero-order chi connectivity index (χ0) is 14.5. The maximum absolute atomic E-state index is 6.00. The molecule has 112 valence electrons. The Labute approximate surface area is 123 Å². The van der Waals surface area contributed by atoms with Gasteiger partial charge in [-0.15, -0.1) is 0 Å². The van der Waals surface area contributed by atoms with Gasteiger partial charge in [0.1, 0.15) is 5.75 Å². The summed E-state index contributed by atoms with van der Waals surface area (Å²) in [6.07, 6.45) is 3.99. The minimum atomic E-state index is 0.238. The average Bonchev–Trinajstić information content (AvgIpc) is 2.78. The summed E-state index contributed by atoms with van der Waals surface area (Å²) >= 11 is 0. The Kier molecular flexibility index (Phi) is 5.47. The van der Waals surface area contributed by atoms with Gasteiger partial charge in [0.25, 0.3) is 0 Å². The van der Waals surface area contributed by atoms with E-state index in [0.29, 0.717) is 17.9 Å². The number of nitrogens with one attached hydrogen (secondary N) is 1. The van der Waals surface area contributed by atoms with Gasteiger partial charge in [-0.05, 0) is 63.1 Å². The molecule has 0 bridgehead atoms. The summed E-state index contributed by atoms with van der Waals surface area (Å²) in [5.74, 6) is 2.38. The van der Waals surface area contributed by atoms with Crippen molar-refractivity contribution in [2.75, 3.05) is 6.54 Å². The van der Waals surface area contributed by atoms with Crippen LogP contribution in [0.1, 0.15) is 58.4 Å². The standard InChI is InChI=1S/C18H29NO/c1-5-12-19-17-11-10-15(14(17)4)16-8-6-7-9-18(16)20-13(2)3/h6-9,13-15,17,19H,5,10-12H2,1-4H3. The molecular formula is C18H29NO. The Hall–Kier alpha value is -1.02. The Morgan fingerprint density at radius 3 is 2.70 bits per heavy atom. The van der Waals surface area contributed by atoms with Crippen LogP contribution >= 0.6 is 0 Å². The molecule has 1 aliphatic carbocycles. The minimum Gasteiger partial charge on any atom is -0.491 e. The predicted molar refractivity (Wildman–Crippen MR) is 85.4 cm³/mol. The van der Waals surface area contributed by atoms with Crippen LogP contribution in [-0.4, -0.2) is 18.7 Å². The largest absolute Gasteiger partial charge is 0.491 e. The van der Waals surface area contributed by atoms with E-state index in [1.807, 2.05) is 0 Å². The number of hydrogen-bond acceptors (Lipinski definition) is 2. The lowest BCUT2D eigenvalue weighted by molar-refractivity contribution is 0.237. The molecule has 1 aromatic rings. The third kappa shape index (κ3) is 3.54. The molecule has 0 amide bonds. The highest BCUT2D eigenvalue weighted by Crippen LogP contribution is 2.43. The van der Waals surface area contributed by atoms with Gasteiger partial charge in [0.2, 0.25) is 0 Å². The zero-order valence-corrected chi connectivity index (χ0v) is 13.4. The quantitative estimate of drug-likeness (QED) is 0.833. The fourth-order valence-corrected chi connectivity index (χ4v) is 3.37. The fraction of sp³-hybridized carbons (Fsp3) is 0.667. The third-order valence-corrected chi connectivity index (χ3v) is 4.40. The molecule has 0 aromatic heterocycles. The first kappa shape index (κ1) is 15.4. The highest BCUT2D eigenvalue weighted by atomic mass is 16.5. The molecule has 2 heteroatoms. The van der Waals surface area contributed by atoms with Gasteiger partial charge in [0, 0.05) is 6.04 Å². The molecule has 0 spiro atoms. The number of benzene rings is 1. The molecule has 2 rings (SSSR count). The zero-order valence-electron chi connectivity index (χ0n) is 13.4. The molecule has 2 nitrogen and oxygen atoms in total. The van der Waals surface area contributed by atoms with Gasteiger partial charge in [-0.2, -0.15) is 0 Å². The SMILES string of the molecule is CCCNC1CCC(c2ccccc2OC(C)C)C1C. The lowest BCUT2D eigenvalue weighted by atomic mass is 9.88. The summed E-state index contributed by atoms with van der Waals surface area (Å²) in [6.45, 7) is 9.94. The fourth-order valence-electron chi connectivity index (χ4n) is 3.37. The van der Waals surface area contributed by atoms with Crippen molar-refractivity contribution in [2.45, 2.75) is 65.0 Å². The van der Waals surface area contributed by atoms with Crippen LogP contribution < -0.4 is 10.1 Å². The van der Waals surface area contributed by atoms with E-state index in [0.717, 1.165) is 12.3 Å². The van der Waals surface area contributed by atoms with Gasteiger partial charge < -0.3 is 10.1 Å². The van der Waals surface area contributed by atoms with Crippen molar-refractivity contribution in [3.05, 3.63) is 29.8 Å². The van der Waals surface area contributed by atoms with Gasteiger partial charge in [-0.25, -0.2) is 0 Å². The number of para-hydroxylation sites is 1. The molecule has 3 unspecified atom stereocenters. The van der Waals surface area contributed by atoms with E-state index in [1.54, 1.807) is 0 Å². The van der Waals surface area contributed by atoms with E-state index < -0.39 is 0 Å². The Morgan fingerprint density at radius 1 is 1.25 bits per heavy atom. The molecule has 1 saturated carbocycles. The monoisotopic (exact) mass is 275 g/mol. The third-order valence-electron chi connectivity index (χ3n) is 4.40. The second-order valence-corrected chi connectivity index (χ2v) is 6.31. The molecular weight excluding hydrogens is 246 g/mol. The van der Waals surface area contributed by atoms with Crippen molar-refractivity contribution in [3.63, 3.8) is 0 Å². The van der Waals surface area contributed by atoms with E-state index in [-0.39, 0.29) is 6.10 Å². The Bertz CT molecular complexity index is 416. The van der Waals surface area contributed by atoms with Gasteiger partial charge in [0.15, 0.2) is 0 Å². The summed E-state index contributed by atoms with van der Waals surface area (Å²) in [7, 11) is 0. The van der Waals surface area contributed by atoms with Gasteiger partial charge in [-0.3, -0.25) is 0 Å². The Morgan fingerprint density at radius 2 is 2.00 bits per heavy atom. The molecule has 3 atom stereocenters. The molecule has 1 aromatic carbocycles. The molecule has 0 aliphatic heterocycles. The van der Waals surface area contributed by atoms with E-state index in [1.165, 1.54) is 24.8 Å². The van der Waals surface area contributed by atoms with E-state index in [4.69, 9.17) is 4.74 Å². The molecule has 20 heavy (non-hydrogen) atoms. The van der Waals surface area contributed by atoms with Crippen LogP contribution in [0.5, 0.6) is 5.75 Å². The summed E-state index contributed by atoms with van der Waals surface area (Å²) < 4.78 is 6.00. The van der Waals surface area contributed by atoms with Crippen LogP contribution in [0.4, 0.5) is 0 Å². The van der Waals surface area contributed by atoms with Crippen molar-refractivity contribution >= 4 is 0 Å². The second kappa shape index (κ2) is 7.12. The molecule has 1 aliphatic rings. The second-order valence-electron chi connectivity index (χ2n) is 6.31. The lowest BCUT2D eigenvalue weighted by Crippen LogP contribution is -2.32. The van der Waals surface area contributed by atoms with Crippen LogP contribution in [0, 0.1) is 5.92 Å². The topological polar surface area (TPSA) is 21.3 Å². The van der Waals surface area contributed by atoms with Crippen LogP contribution in [0.2, 0.25) is 0 Å². The minimum absolute atomic E-state index is 0.238. The average molecular weight is 275 g/mol. The Balaban J connectivity index is 2.12. The van der Waals surface area contributed by atoms with Crippen LogP contribution in [0.15, 0.2) is 24.3 Å². The van der Waals surface area contributed by atoms with Gasteiger partial charge >= 0.3 is 0 Å². The first-order valence-corrected chi connectivity index (χ1v) is 8.12. The van der Waals surface area contributed by atoms with E-state index in [9.17, 15) is 0 Å². The van der Waals surface area contributed by atoms with Crippen LogP contribution in [0.25, 0.3) is 0 Å². The van der Waals surface area contributed by atoms with Crippen molar-refractivity contribution in [1.82, 2.24) is 5.32 Å². The van der Waals surface area contributed by atoms with E-state index in [2.05, 4.69) is 57.3 Å². The van der Waals surface area contributed by atoms with Gasteiger partial charge in [-0.1, -0.05) is 32.0 Å². The van der Waals surface area contributed by atoms with E-state index >= 15 is 0 Å². The molecule has 0 radical (unpaired) electrons. The maximum atomic E-state index is 6.00. The smallest absolute Gasteiger partial charge is 0.123 e. The van der Waals surface area contributed by atoms with Crippen LogP contribution in [0.3, 0.4) is 0 Å². The van der Waals surface area contributed by atoms with Crippen LogP contribution in [-0.2, 0) is 0 Å². The van der Waals surface area contributed by atoms with Crippen molar-refractivity contribution in [2.24, 2.45) is 5.92 Å². The number of ether oxygens (including phenoxy) is 1. The first-order chi connectivity index (χ1) is 9.63. The number of hydrogen-bond donors (Lipinski definition) is 1. The molecule has 0 saturated heterocycles. The molecule has 1 fully saturated rings. The molecule has 0 heterocycles. The first-order valence-electron chi connectivity index (χ1n) is 8.12. The normalized spacial score (nSPS) is 26.1.